The summed E-state index contributed by atoms with van der Waals surface area (Å²) in [6.45, 7) is 0.457. The molecule has 1 saturated carbocycles. The van der Waals surface area contributed by atoms with E-state index < -0.39 is 10.0 Å². The number of halogens is 1. The summed E-state index contributed by atoms with van der Waals surface area (Å²) in [5.41, 5.74) is 5.64. The molecule has 1 heterocycles. The Bertz CT molecular complexity index is 557. The number of sulfonamides is 1. The van der Waals surface area contributed by atoms with Crippen LogP contribution >= 0.6 is 15.9 Å². The van der Waals surface area contributed by atoms with Crippen LogP contribution < -0.4 is 10.5 Å². The lowest BCUT2D eigenvalue weighted by Crippen LogP contribution is -2.27. The maximum atomic E-state index is 12.2. The molecule has 0 radical (unpaired) electrons. The van der Waals surface area contributed by atoms with Crippen molar-refractivity contribution in [3.63, 3.8) is 0 Å². The minimum absolute atomic E-state index is 0.0263. The Hall–Kier alpha value is -0.660. The molecular weight excluding hydrogens is 342 g/mol. The quantitative estimate of drug-likeness (QED) is 0.843. The molecule has 2 rings (SSSR count). The fourth-order valence-electron chi connectivity index (χ4n) is 2.60. The Morgan fingerprint density at radius 1 is 1.35 bits per heavy atom. The highest BCUT2D eigenvalue weighted by Gasteiger charge is 2.20. The Balaban J connectivity index is 1.95. The van der Waals surface area contributed by atoms with Gasteiger partial charge in [0.05, 0.1) is 0 Å². The minimum atomic E-state index is -3.58. The third kappa shape index (κ3) is 4.17. The Morgan fingerprint density at radius 2 is 2.05 bits per heavy atom. The van der Waals surface area contributed by atoms with Crippen LogP contribution in [0.15, 0.2) is 21.6 Å². The summed E-state index contributed by atoms with van der Waals surface area (Å²) >= 11 is 3.21. The first-order valence-corrected chi connectivity index (χ1v) is 9.17. The van der Waals surface area contributed by atoms with Crippen LogP contribution in [-0.4, -0.2) is 19.9 Å². The van der Waals surface area contributed by atoms with E-state index in [1.807, 2.05) is 0 Å². The van der Waals surface area contributed by atoms with Crippen molar-refractivity contribution in [3.05, 3.63) is 16.7 Å². The first-order valence-electron chi connectivity index (χ1n) is 6.90. The second kappa shape index (κ2) is 6.87. The molecule has 7 heteroatoms. The number of hydrogen-bond acceptors (Lipinski definition) is 4. The molecule has 0 spiro atoms. The van der Waals surface area contributed by atoms with Gasteiger partial charge >= 0.3 is 0 Å². The summed E-state index contributed by atoms with van der Waals surface area (Å²) in [4.78, 5) is 3.89. The van der Waals surface area contributed by atoms with Crippen molar-refractivity contribution in [2.45, 2.75) is 43.4 Å². The molecule has 0 aliphatic heterocycles. The summed E-state index contributed by atoms with van der Waals surface area (Å²) < 4.78 is 27.6. The van der Waals surface area contributed by atoms with E-state index in [1.54, 1.807) is 0 Å². The summed E-state index contributed by atoms with van der Waals surface area (Å²) in [6, 6.07) is 1.48. The molecule has 5 nitrogen and oxygen atoms in total. The lowest BCUT2D eigenvalue weighted by atomic mass is 9.87. The van der Waals surface area contributed by atoms with Crippen molar-refractivity contribution in [2.75, 3.05) is 12.3 Å². The maximum Gasteiger partial charge on any atom is 0.244 e. The van der Waals surface area contributed by atoms with E-state index in [1.165, 1.54) is 44.4 Å². The van der Waals surface area contributed by atoms with E-state index in [0.29, 0.717) is 16.9 Å². The van der Waals surface area contributed by atoms with E-state index in [-0.39, 0.29) is 10.7 Å². The number of nitrogens with zero attached hydrogens (tertiary/aromatic N) is 1. The Morgan fingerprint density at radius 3 is 2.75 bits per heavy atom. The molecule has 20 heavy (non-hydrogen) atoms. The standard InChI is InChI=1S/C13H20BrN3O2S/c14-11-8-12(13(15)16-9-11)20(18,19)17-7-6-10-4-2-1-3-5-10/h8-10,17H,1-7H2,(H2,15,16). The predicted octanol–water partition coefficient (Wildman–Crippen LogP) is 2.68. The summed E-state index contributed by atoms with van der Waals surface area (Å²) in [7, 11) is -3.58. The molecule has 0 atom stereocenters. The number of anilines is 1. The van der Waals surface area contributed by atoms with Crippen LogP contribution in [0.4, 0.5) is 5.82 Å². The van der Waals surface area contributed by atoms with Crippen LogP contribution in [0.5, 0.6) is 0 Å². The van der Waals surface area contributed by atoms with Gasteiger partial charge in [-0.2, -0.15) is 0 Å². The SMILES string of the molecule is Nc1ncc(Br)cc1S(=O)(=O)NCCC1CCCCC1. The third-order valence-corrected chi connectivity index (χ3v) is 5.63. The van der Waals surface area contributed by atoms with Crippen molar-refractivity contribution in [1.29, 1.82) is 0 Å². The van der Waals surface area contributed by atoms with Gasteiger partial charge in [-0.3, -0.25) is 0 Å². The highest BCUT2D eigenvalue weighted by Crippen LogP contribution is 2.26. The number of aromatic nitrogens is 1. The molecule has 0 aromatic carbocycles. The maximum absolute atomic E-state index is 12.2. The van der Waals surface area contributed by atoms with Gasteiger partial charge in [0, 0.05) is 17.2 Å². The van der Waals surface area contributed by atoms with Gasteiger partial charge in [0.1, 0.15) is 10.7 Å². The van der Waals surface area contributed by atoms with Crippen molar-refractivity contribution in [3.8, 4) is 0 Å². The predicted molar refractivity (Wildman–Crippen MR) is 82.7 cm³/mol. The molecule has 1 aromatic heterocycles. The highest BCUT2D eigenvalue weighted by atomic mass is 79.9. The van der Waals surface area contributed by atoms with Crippen molar-refractivity contribution >= 4 is 31.8 Å². The van der Waals surface area contributed by atoms with Crippen LogP contribution in [0.1, 0.15) is 38.5 Å². The molecule has 0 unspecified atom stereocenters. The monoisotopic (exact) mass is 361 g/mol. The minimum Gasteiger partial charge on any atom is -0.383 e. The van der Waals surface area contributed by atoms with E-state index in [4.69, 9.17) is 5.73 Å². The molecule has 0 saturated heterocycles. The zero-order valence-corrected chi connectivity index (χ0v) is 13.7. The van der Waals surface area contributed by atoms with Gasteiger partial charge in [-0.1, -0.05) is 32.1 Å². The smallest absolute Gasteiger partial charge is 0.244 e. The number of nitrogens with one attached hydrogen (secondary N) is 1. The highest BCUT2D eigenvalue weighted by molar-refractivity contribution is 9.10. The van der Waals surface area contributed by atoms with Crippen LogP contribution in [-0.2, 0) is 10.0 Å². The Kier molecular flexibility index (Phi) is 5.40. The van der Waals surface area contributed by atoms with Gasteiger partial charge < -0.3 is 5.73 Å². The molecule has 1 fully saturated rings. The van der Waals surface area contributed by atoms with Gasteiger partial charge in [0.25, 0.3) is 0 Å². The normalized spacial score (nSPS) is 17.2. The second-order valence-electron chi connectivity index (χ2n) is 5.23. The summed E-state index contributed by atoms with van der Waals surface area (Å²) in [6.07, 6.45) is 8.63. The largest absolute Gasteiger partial charge is 0.383 e. The Labute approximate surface area is 128 Å². The summed E-state index contributed by atoms with van der Waals surface area (Å²) in [5, 5.41) is 0. The molecule has 1 aliphatic carbocycles. The lowest BCUT2D eigenvalue weighted by Gasteiger charge is -2.21. The van der Waals surface area contributed by atoms with E-state index in [0.717, 1.165) is 6.42 Å². The first-order chi connectivity index (χ1) is 9.49. The van der Waals surface area contributed by atoms with Crippen molar-refractivity contribution in [2.24, 2.45) is 5.92 Å². The molecule has 1 aromatic rings. The van der Waals surface area contributed by atoms with E-state index >= 15 is 0 Å². The average Bonchev–Trinajstić information content (AvgIpc) is 2.42. The average molecular weight is 362 g/mol. The fraction of sp³-hybridized carbons (Fsp3) is 0.615. The molecule has 0 bridgehead atoms. The van der Waals surface area contributed by atoms with Crippen LogP contribution in [0.2, 0.25) is 0 Å². The zero-order chi connectivity index (χ0) is 14.6. The molecule has 112 valence electrons. The number of hydrogen-bond donors (Lipinski definition) is 2. The lowest BCUT2D eigenvalue weighted by molar-refractivity contribution is 0.339. The molecule has 0 amide bonds. The molecular formula is C13H20BrN3O2S. The van der Waals surface area contributed by atoms with Crippen LogP contribution in [0.3, 0.4) is 0 Å². The van der Waals surface area contributed by atoms with Gasteiger partial charge in [-0.15, -0.1) is 0 Å². The first kappa shape index (κ1) is 15.7. The van der Waals surface area contributed by atoms with Gasteiger partial charge in [0.2, 0.25) is 10.0 Å². The molecule has 3 N–H and O–H groups in total. The van der Waals surface area contributed by atoms with Gasteiger partial charge in [-0.25, -0.2) is 18.1 Å². The zero-order valence-electron chi connectivity index (χ0n) is 11.3. The van der Waals surface area contributed by atoms with E-state index in [2.05, 4.69) is 25.6 Å². The van der Waals surface area contributed by atoms with Crippen LogP contribution in [0, 0.1) is 5.92 Å². The van der Waals surface area contributed by atoms with Gasteiger partial charge in [0.15, 0.2) is 0 Å². The topological polar surface area (TPSA) is 85.1 Å². The third-order valence-electron chi connectivity index (χ3n) is 3.71. The van der Waals surface area contributed by atoms with Gasteiger partial charge in [-0.05, 0) is 34.3 Å². The van der Waals surface area contributed by atoms with Crippen LogP contribution in [0.25, 0.3) is 0 Å². The summed E-state index contributed by atoms with van der Waals surface area (Å²) in [5.74, 6) is 0.669. The molecule has 1 aliphatic rings. The van der Waals surface area contributed by atoms with E-state index in [9.17, 15) is 8.42 Å². The van der Waals surface area contributed by atoms with Crippen molar-refractivity contribution in [1.82, 2.24) is 9.71 Å². The number of nitrogens with two attached hydrogens (primary N) is 1. The number of nitrogen functional groups attached to an aromatic ring is 1. The van der Waals surface area contributed by atoms with Crippen molar-refractivity contribution < 1.29 is 8.42 Å². The number of rotatable bonds is 5. The fourth-order valence-corrected chi connectivity index (χ4v) is 4.23. The number of pyridine rings is 1. The second-order valence-corrected chi connectivity index (χ2v) is 7.88.